The van der Waals surface area contributed by atoms with E-state index in [2.05, 4.69) is 196 Å². The molecule has 0 heterocycles. The van der Waals surface area contributed by atoms with Gasteiger partial charge in [-0.05, 0) is 36.1 Å². The van der Waals surface area contributed by atoms with Crippen LogP contribution in [0.25, 0.3) is 0 Å². The molecule has 1 nitrogen and oxygen atoms in total. The third-order valence-electron chi connectivity index (χ3n) is 17.5. The van der Waals surface area contributed by atoms with Crippen LogP contribution in [0.5, 0.6) is 0 Å². The number of benzene rings is 5. The van der Waals surface area contributed by atoms with Crippen molar-refractivity contribution in [2.24, 2.45) is 0 Å². The van der Waals surface area contributed by atoms with Crippen LogP contribution in [0.4, 0.5) is 0 Å². The summed E-state index contributed by atoms with van der Waals surface area (Å²) in [6, 6.07) is 66.4. The molecule has 5 rings (SSSR count). The molecule has 7 heteroatoms. The Balaban J connectivity index is 1.93. The van der Waals surface area contributed by atoms with Crippen molar-refractivity contribution in [2.45, 2.75) is 244 Å². The molecule has 0 aliphatic carbocycles. The predicted octanol–water partition coefficient (Wildman–Crippen LogP) is 19.3. The van der Waals surface area contributed by atoms with Gasteiger partial charge in [-0.15, -0.1) is 11.8 Å². The average molecular weight is 1120 g/mol. The molecule has 0 amide bonds. The van der Waals surface area contributed by atoms with Gasteiger partial charge in [-0.2, -0.15) is 5.09 Å². The molecule has 0 aliphatic rings. The fourth-order valence-corrected chi connectivity index (χ4v) is 41.5. The first kappa shape index (κ1) is 63.7. The Kier molecular flexibility index (Phi) is 29.0. The third-order valence-corrected chi connectivity index (χ3v) is 44.8. The molecule has 75 heavy (non-hydrogen) atoms. The van der Waals surface area contributed by atoms with E-state index >= 15 is 0 Å². The molecule has 1 N–H and O–H groups in total. The Morgan fingerprint density at radius 1 is 0.373 bits per heavy atom. The zero-order valence-corrected chi connectivity index (χ0v) is 55.3. The van der Waals surface area contributed by atoms with Crippen molar-refractivity contribution in [3.05, 3.63) is 133 Å². The topological polar surface area (TPSA) is 12.0 Å². The summed E-state index contributed by atoms with van der Waals surface area (Å²) in [5.41, 5.74) is 1.36. The number of hydrogen-bond donors (Lipinski definition) is 1. The normalized spacial score (nSPS) is 13.2. The van der Waals surface area contributed by atoms with Crippen LogP contribution < -0.4 is 41.9 Å². The highest BCUT2D eigenvalue weighted by molar-refractivity contribution is 8.49. The molecule has 1 atom stereocenters. The molecular weight excluding hydrogens is 1010 g/mol. The molecule has 5 aromatic carbocycles. The number of nitrogens with one attached hydrogen (secondary N) is 1. The summed E-state index contributed by atoms with van der Waals surface area (Å²) >= 11 is 1.95. The van der Waals surface area contributed by atoms with E-state index < -0.39 is 38.9 Å². The zero-order valence-electron chi connectivity index (χ0n) is 49.7. The van der Waals surface area contributed by atoms with E-state index in [1.165, 1.54) is 191 Å². The van der Waals surface area contributed by atoms with Crippen molar-refractivity contribution in [2.75, 3.05) is 6.26 Å². The van der Waals surface area contributed by atoms with Crippen LogP contribution in [0.2, 0.25) is 54.4 Å². The van der Waals surface area contributed by atoms with Gasteiger partial charge in [0, 0.05) is 10.6 Å². The van der Waals surface area contributed by atoms with Crippen LogP contribution >= 0.6 is 26.5 Å². The number of unbranched alkanes of at least 4 members (excludes halogenated alkanes) is 9. The third kappa shape index (κ3) is 17.0. The van der Waals surface area contributed by atoms with Gasteiger partial charge in [-0.25, -0.2) is 0 Å². The zero-order chi connectivity index (χ0) is 53.8. The smallest absolute Gasteiger partial charge is 0.174 e. The molecule has 0 spiro atoms. The van der Waals surface area contributed by atoms with Crippen molar-refractivity contribution < 1.29 is 0 Å². The summed E-state index contributed by atoms with van der Waals surface area (Å²) in [6.45, 7) is 22.6. The maximum absolute atomic E-state index is 4.73. The minimum Gasteiger partial charge on any atom is -0.176 e. The fraction of sp³-hybridized carbons (Fsp3) is 0.559. The molecule has 0 radical (unpaired) electrons. The van der Waals surface area contributed by atoms with E-state index in [0.717, 1.165) is 6.54 Å². The Morgan fingerprint density at radius 2 is 0.680 bits per heavy atom. The average Bonchev–Trinajstić information content (AvgIpc) is 3.47. The summed E-state index contributed by atoms with van der Waals surface area (Å²) in [5.74, 6) is 0. The SMILES string of the molecule is CCCC[Si](CCCC)(CCCC)c1ccc(P(c2ccc([Si](CCCC)(CCCC)CCCC)cc2)[P+](NCc2ccccc2)(c2ccc([Si](CCCC)(CCCC)CCCC)cc2)c2ccccc2SC)cc1. The van der Waals surface area contributed by atoms with Crippen molar-refractivity contribution >= 4 is 87.5 Å². The lowest BCUT2D eigenvalue weighted by molar-refractivity contribution is 0.800. The molecule has 0 aromatic heterocycles. The van der Waals surface area contributed by atoms with Gasteiger partial charge in [-0.3, -0.25) is 0 Å². The summed E-state index contributed by atoms with van der Waals surface area (Å²) in [6.07, 6.45) is 26.2. The summed E-state index contributed by atoms with van der Waals surface area (Å²) < 4.78 is 0. The highest BCUT2D eigenvalue weighted by atomic mass is 32.2. The van der Waals surface area contributed by atoms with Gasteiger partial charge in [0.25, 0.3) is 0 Å². The molecular formula is C68H108NP2SSi3+. The highest BCUT2D eigenvalue weighted by Gasteiger charge is 2.55. The van der Waals surface area contributed by atoms with E-state index in [1.54, 1.807) is 26.2 Å². The molecule has 0 fully saturated rings. The Morgan fingerprint density at radius 3 is 1.00 bits per heavy atom. The van der Waals surface area contributed by atoms with Crippen molar-refractivity contribution in [1.29, 1.82) is 0 Å². The van der Waals surface area contributed by atoms with Gasteiger partial charge in [0.1, 0.15) is 18.2 Å². The van der Waals surface area contributed by atoms with Crippen LogP contribution in [-0.2, 0) is 6.54 Å². The Hall–Kier alpha value is -2.08. The first-order valence-corrected chi connectivity index (χ1v) is 44.1. The second-order valence-corrected chi connectivity index (χ2v) is 44.9. The largest absolute Gasteiger partial charge is 0.176 e. The van der Waals surface area contributed by atoms with Gasteiger partial charge >= 0.3 is 0 Å². The molecule has 0 saturated carbocycles. The first-order valence-electron chi connectivity index (χ1n) is 31.1. The molecule has 0 saturated heterocycles. The summed E-state index contributed by atoms with van der Waals surface area (Å²) in [4.78, 5) is 1.42. The van der Waals surface area contributed by atoms with E-state index in [4.69, 9.17) is 5.09 Å². The molecule has 5 aromatic rings. The van der Waals surface area contributed by atoms with Crippen LogP contribution in [0.1, 0.15) is 183 Å². The maximum Gasteiger partial charge on any atom is 0.174 e. The van der Waals surface area contributed by atoms with Gasteiger partial charge in [-0.1, -0.05) is 351 Å². The van der Waals surface area contributed by atoms with Crippen molar-refractivity contribution in [3.8, 4) is 0 Å². The lowest BCUT2D eigenvalue weighted by atomic mass is 10.2. The van der Waals surface area contributed by atoms with Crippen molar-refractivity contribution in [3.63, 3.8) is 0 Å². The minimum absolute atomic E-state index is 0.832. The molecule has 1 unspecified atom stereocenters. The van der Waals surface area contributed by atoms with Gasteiger partial charge in [0.05, 0.1) is 35.7 Å². The number of hydrogen-bond acceptors (Lipinski definition) is 2. The second kappa shape index (κ2) is 34.2. The maximum atomic E-state index is 4.73. The predicted molar refractivity (Wildman–Crippen MR) is 357 cm³/mol. The lowest BCUT2D eigenvalue weighted by Gasteiger charge is -2.38. The van der Waals surface area contributed by atoms with Gasteiger partial charge < -0.3 is 0 Å². The Bertz CT molecular complexity index is 2150. The second-order valence-electron chi connectivity index (χ2n) is 22.9. The van der Waals surface area contributed by atoms with Crippen LogP contribution in [0, 0.1) is 0 Å². The Labute approximate surface area is 472 Å². The fourth-order valence-electron chi connectivity index (χ4n) is 12.8. The quantitative estimate of drug-likeness (QED) is 0.0239. The number of rotatable bonds is 39. The number of thioether (sulfide) groups is 1. The van der Waals surface area contributed by atoms with E-state index in [1.807, 2.05) is 11.8 Å². The standard InChI is InChI=1S/C68H108NP2SSi3/c1-11-20-50-73(51-21-12-2,52-22-13-3)64-44-38-61(39-45-64)70(62-40-46-65(47-41-62)74(53-23-14-4,54-24-15-5)55-25-16-6)71(67-36-32-33-37-68(67)72-10,69-59-60-34-30-29-31-35-60)63-42-48-66(49-43-63)75(56-26-17-7,57-27-18-8)58-28-19-9/h29-49,69H,11-28,50-59H2,1-10H3/q+1. The van der Waals surface area contributed by atoms with Gasteiger partial charge in [0.15, 0.2) is 7.10 Å². The minimum atomic E-state index is -2.50. The molecule has 0 bridgehead atoms. The summed E-state index contributed by atoms with van der Waals surface area (Å²) in [7, 11) is -8.67. The lowest BCUT2D eigenvalue weighted by Crippen LogP contribution is -2.48. The van der Waals surface area contributed by atoms with Crippen molar-refractivity contribution in [1.82, 2.24) is 5.09 Å². The van der Waals surface area contributed by atoms with Gasteiger partial charge in [0.2, 0.25) is 0 Å². The van der Waals surface area contributed by atoms with E-state index in [0.29, 0.717) is 0 Å². The molecule has 412 valence electrons. The van der Waals surface area contributed by atoms with Crippen LogP contribution in [0.3, 0.4) is 0 Å². The van der Waals surface area contributed by atoms with E-state index in [-0.39, 0.29) is 0 Å². The summed E-state index contributed by atoms with van der Waals surface area (Å²) in [5, 5.41) is 16.1. The first-order chi connectivity index (χ1) is 36.7. The molecule has 0 aliphatic heterocycles. The highest BCUT2D eigenvalue weighted by Crippen LogP contribution is 2.79. The van der Waals surface area contributed by atoms with E-state index in [9.17, 15) is 0 Å². The van der Waals surface area contributed by atoms with Crippen LogP contribution in [0.15, 0.2) is 132 Å². The monoisotopic (exact) mass is 1120 g/mol. The van der Waals surface area contributed by atoms with Crippen LogP contribution in [-0.4, -0.2) is 30.5 Å².